The summed E-state index contributed by atoms with van der Waals surface area (Å²) in [5.41, 5.74) is 0. The molecule has 4 nitrogen and oxygen atoms in total. The second kappa shape index (κ2) is 8.09. The zero-order chi connectivity index (χ0) is 13.0. The number of carbonyl (C=O) groups excluding carboxylic acids is 1. The largest absolute Gasteiger partial charge is 0.495 e. The molecule has 1 fully saturated rings. The lowest BCUT2D eigenvalue weighted by atomic mass is 10.1. The molecule has 1 amide bonds. The van der Waals surface area contributed by atoms with E-state index in [1.165, 1.54) is 17.8 Å². The smallest absolute Gasteiger partial charge is 0.261 e. The van der Waals surface area contributed by atoms with Crippen molar-refractivity contribution < 1.29 is 9.53 Å². The Morgan fingerprint density at radius 3 is 3.05 bits per heavy atom. The summed E-state index contributed by atoms with van der Waals surface area (Å²) in [5.74, 6) is 1.40. The van der Waals surface area contributed by atoms with Crippen molar-refractivity contribution in [2.24, 2.45) is 5.92 Å². The number of carbonyl (C=O) groups is 1. The molecular weight excluding hydrogens is 352 g/mol. The van der Waals surface area contributed by atoms with Gasteiger partial charge in [0.1, 0.15) is 9.54 Å². The minimum Gasteiger partial charge on any atom is -0.495 e. The van der Waals surface area contributed by atoms with Gasteiger partial charge in [-0.25, -0.2) is 0 Å². The normalized spacial score (nSPS) is 17.9. The maximum absolute atomic E-state index is 11.9. The Morgan fingerprint density at radius 2 is 2.47 bits per heavy atom. The number of halogens is 2. The van der Waals surface area contributed by atoms with Gasteiger partial charge in [0.2, 0.25) is 0 Å². The van der Waals surface area contributed by atoms with Crippen LogP contribution in [0.25, 0.3) is 0 Å². The molecule has 1 unspecified atom stereocenters. The zero-order valence-corrected chi connectivity index (χ0v) is 13.9. The van der Waals surface area contributed by atoms with Crippen LogP contribution in [-0.2, 0) is 0 Å². The number of hydrogen-bond donors (Lipinski definition) is 2. The van der Waals surface area contributed by atoms with Gasteiger partial charge in [-0.1, -0.05) is 0 Å². The Bertz CT molecular complexity index is 422. The van der Waals surface area contributed by atoms with E-state index in [9.17, 15) is 4.79 Å². The number of ether oxygens (including phenoxy) is 1. The number of hydrogen-bond acceptors (Lipinski definition) is 4. The van der Waals surface area contributed by atoms with Gasteiger partial charge in [-0.2, -0.15) is 0 Å². The molecule has 1 aliphatic rings. The van der Waals surface area contributed by atoms with E-state index in [1.54, 1.807) is 13.2 Å². The molecular formula is C12H18BrClN2O2S. The van der Waals surface area contributed by atoms with E-state index in [0.717, 1.165) is 29.8 Å². The summed E-state index contributed by atoms with van der Waals surface area (Å²) in [4.78, 5) is 12.6. The van der Waals surface area contributed by atoms with E-state index < -0.39 is 0 Å². The monoisotopic (exact) mass is 368 g/mol. The third-order valence-corrected chi connectivity index (χ3v) is 4.88. The fourth-order valence-electron chi connectivity index (χ4n) is 2.04. The van der Waals surface area contributed by atoms with Gasteiger partial charge < -0.3 is 15.4 Å². The molecule has 1 saturated heterocycles. The van der Waals surface area contributed by atoms with E-state index in [2.05, 4.69) is 26.6 Å². The van der Waals surface area contributed by atoms with Gasteiger partial charge in [0.25, 0.3) is 5.91 Å². The first-order valence-corrected chi connectivity index (χ1v) is 7.64. The topological polar surface area (TPSA) is 50.4 Å². The molecule has 0 spiro atoms. The van der Waals surface area contributed by atoms with Crippen molar-refractivity contribution in [3.63, 3.8) is 0 Å². The average Bonchev–Trinajstić information content (AvgIpc) is 2.98. The molecule has 0 bridgehead atoms. The quantitative estimate of drug-likeness (QED) is 0.839. The van der Waals surface area contributed by atoms with Crippen molar-refractivity contribution in [1.82, 2.24) is 10.6 Å². The predicted octanol–water partition coefficient (Wildman–Crippen LogP) is 2.67. The standard InChI is InChI=1S/C12H17BrN2O2S.ClH/c1-17-9-6-10(18-11(9)13)12(16)15-5-3-8-2-4-14-7-8;/h6,8,14H,2-5,7H2,1H3,(H,15,16);1H. The van der Waals surface area contributed by atoms with Gasteiger partial charge in [-0.3, -0.25) is 4.79 Å². The molecule has 1 aromatic rings. The molecule has 7 heteroatoms. The third-order valence-electron chi connectivity index (χ3n) is 3.10. The third kappa shape index (κ3) is 4.63. The van der Waals surface area contributed by atoms with Gasteiger partial charge in [-0.15, -0.1) is 23.7 Å². The average molecular weight is 370 g/mol. The van der Waals surface area contributed by atoms with Crippen molar-refractivity contribution in [3.05, 3.63) is 14.7 Å². The van der Waals surface area contributed by atoms with Crippen molar-refractivity contribution in [1.29, 1.82) is 0 Å². The highest BCUT2D eigenvalue weighted by atomic mass is 79.9. The molecule has 2 heterocycles. The lowest BCUT2D eigenvalue weighted by molar-refractivity contribution is 0.0955. The molecule has 0 aromatic carbocycles. The van der Waals surface area contributed by atoms with Crippen molar-refractivity contribution in [2.45, 2.75) is 12.8 Å². The lowest BCUT2D eigenvalue weighted by Crippen LogP contribution is -2.25. The Morgan fingerprint density at radius 1 is 1.68 bits per heavy atom. The molecule has 0 aliphatic carbocycles. The molecule has 1 atom stereocenters. The van der Waals surface area contributed by atoms with Gasteiger partial charge in [0.15, 0.2) is 0 Å². The van der Waals surface area contributed by atoms with Crippen molar-refractivity contribution >= 4 is 45.6 Å². The van der Waals surface area contributed by atoms with Gasteiger partial charge in [0, 0.05) is 12.6 Å². The SMILES string of the molecule is COc1cc(C(=O)NCCC2CCNC2)sc1Br.Cl. The summed E-state index contributed by atoms with van der Waals surface area (Å²) in [6, 6.07) is 1.77. The predicted molar refractivity (Wildman–Crippen MR) is 83.7 cm³/mol. The van der Waals surface area contributed by atoms with Gasteiger partial charge in [0.05, 0.1) is 12.0 Å². The van der Waals surface area contributed by atoms with Crippen LogP contribution in [0.1, 0.15) is 22.5 Å². The molecule has 0 radical (unpaired) electrons. The molecule has 2 rings (SSSR count). The second-order valence-corrected chi connectivity index (χ2v) is 6.73. The summed E-state index contributed by atoms with van der Waals surface area (Å²) in [5, 5.41) is 6.28. The van der Waals surface area contributed by atoms with Crippen LogP contribution < -0.4 is 15.4 Å². The van der Waals surface area contributed by atoms with E-state index in [1.807, 2.05) is 0 Å². The maximum atomic E-state index is 11.9. The number of amides is 1. The first kappa shape index (κ1) is 16.8. The van der Waals surface area contributed by atoms with Crippen molar-refractivity contribution in [3.8, 4) is 5.75 Å². The number of thiophene rings is 1. The fourth-order valence-corrected chi connectivity index (χ4v) is 3.61. The van der Waals surface area contributed by atoms with Crippen LogP contribution in [0.3, 0.4) is 0 Å². The molecule has 0 saturated carbocycles. The molecule has 1 aromatic heterocycles. The molecule has 108 valence electrons. The highest BCUT2D eigenvalue weighted by molar-refractivity contribution is 9.11. The summed E-state index contributed by atoms with van der Waals surface area (Å²) in [7, 11) is 1.60. The van der Waals surface area contributed by atoms with Crippen LogP contribution >= 0.6 is 39.7 Å². The number of methoxy groups -OCH3 is 1. The molecule has 2 N–H and O–H groups in total. The summed E-state index contributed by atoms with van der Waals surface area (Å²) < 4.78 is 5.99. The summed E-state index contributed by atoms with van der Waals surface area (Å²) in [6.07, 6.45) is 2.26. The van der Waals surface area contributed by atoms with Crippen LogP contribution in [-0.4, -0.2) is 32.7 Å². The van der Waals surface area contributed by atoms with E-state index in [0.29, 0.717) is 16.5 Å². The second-order valence-electron chi connectivity index (χ2n) is 4.36. The van der Waals surface area contributed by atoms with Crippen LogP contribution in [0.2, 0.25) is 0 Å². The lowest BCUT2D eigenvalue weighted by Gasteiger charge is -2.08. The van der Waals surface area contributed by atoms with Gasteiger partial charge in [-0.05, 0) is 47.8 Å². The number of nitrogens with one attached hydrogen (secondary N) is 2. The molecule has 19 heavy (non-hydrogen) atoms. The first-order chi connectivity index (χ1) is 8.70. The number of rotatable bonds is 5. The maximum Gasteiger partial charge on any atom is 0.261 e. The Kier molecular flexibility index (Phi) is 7.13. The van der Waals surface area contributed by atoms with Gasteiger partial charge >= 0.3 is 0 Å². The van der Waals surface area contributed by atoms with E-state index >= 15 is 0 Å². The zero-order valence-electron chi connectivity index (χ0n) is 10.7. The highest BCUT2D eigenvalue weighted by Gasteiger charge is 2.16. The van der Waals surface area contributed by atoms with E-state index in [-0.39, 0.29) is 18.3 Å². The fraction of sp³-hybridized carbons (Fsp3) is 0.583. The Labute approximate surface area is 131 Å². The van der Waals surface area contributed by atoms with E-state index in [4.69, 9.17) is 4.74 Å². The summed E-state index contributed by atoms with van der Waals surface area (Å²) in [6.45, 7) is 2.92. The first-order valence-electron chi connectivity index (χ1n) is 6.03. The van der Waals surface area contributed by atoms with Crippen molar-refractivity contribution in [2.75, 3.05) is 26.7 Å². The Balaban J connectivity index is 0.00000180. The Hall–Kier alpha value is -0.300. The minimum absolute atomic E-state index is 0. The van der Waals surface area contributed by atoms with Crippen LogP contribution in [0.5, 0.6) is 5.75 Å². The molecule has 1 aliphatic heterocycles. The highest BCUT2D eigenvalue weighted by Crippen LogP contribution is 2.34. The summed E-state index contributed by atoms with van der Waals surface area (Å²) >= 11 is 4.77. The van der Waals surface area contributed by atoms with Crippen LogP contribution in [0, 0.1) is 5.92 Å². The van der Waals surface area contributed by atoms with Crippen LogP contribution in [0.4, 0.5) is 0 Å². The minimum atomic E-state index is -0.0186. The van der Waals surface area contributed by atoms with Crippen LogP contribution in [0.15, 0.2) is 9.85 Å².